The predicted molar refractivity (Wildman–Crippen MR) is 79.8 cm³/mol. The van der Waals surface area contributed by atoms with E-state index in [9.17, 15) is 0 Å². The van der Waals surface area contributed by atoms with Gasteiger partial charge in [0.25, 0.3) is 0 Å². The molecule has 0 radical (unpaired) electrons. The van der Waals surface area contributed by atoms with Gasteiger partial charge in [-0.1, -0.05) is 35.6 Å². The van der Waals surface area contributed by atoms with Crippen LogP contribution in [0.1, 0.15) is 0 Å². The summed E-state index contributed by atoms with van der Waals surface area (Å²) in [6.07, 6.45) is 0. The molecule has 0 aliphatic heterocycles. The Kier molecular flexibility index (Phi) is 3.20. The third-order valence-corrected chi connectivity index (χ3v) is 3.62. The van der Waals surface area contributed by atoms with Gasteiger partial charge in [0.2, 0.25) is 5.13 Å². The fourth-order valence-corrected chi connectivity index (χ4v) is 2.56. The fraction of sp³-hybridized carbons (Fsp3) is 0.0714. The Balaban J connectivity index is 1.93. The molecule has 4 nitrogen and oxygen atoms in total. The first-order valence-electron chi connectivity index (χ1n) is 5.91. The molecule has 1 aromatic heterocycles. The molecule has 3 aromatic rings. The second-order valence-electron chi connectivity index (χ2n) is 3.93. The SMILES string of the molecule is CNc1ccccc1N=Nc1nc2ccccc2s1. The Hall–Kier alpha value is -2.27. The van der Waals surface area contributed by atoms with Gasteiger partial charge in [-0.3, -0.25) is 0 Å². The number of aromatic nitrogens is 1. The van der Waals surface area contributed by atoms with Gasteiger partial charge >= 0.3 is 0 Å². The lowest BCUT2D eigenvalue weighted by Gasteiger charge is -2.01. The number of thiazole rings is 1. The summed E-state index contributed by atoms with van der Waals surface area (Å²) in [5.74, 6) is 0. The highest BCUT2D eigenvalue weighted by Gasteiger charge is 2.02. The third-order valence-electron chi connectivity index (χ3n) is 2.70. The molecular formula is C14H12N4S. The van der Waals surface area contributed by atoms with Crippen molar-refractivity contribution in [3.8, 4) is 0 Å². The van der Waals surface area contributed by atoms with Crippen LogP contribution in [0.5, 0.6) is 0 Å². The first-order chi connectivity index (χ1) is 9.36. The summed E-state index contributed by atoms with van der Waals surface area (Å²) >= 11 is 1.54. The maximum Gasteiger partial charge on any atom is 0.231 e. The summed E-state index contributed by atoms with van der Waals surface area (Å²) in [5, 5.41) is 12.2. The lowest BCUT2D eigenvalue weighted by Crippen LogP contribution is -1.86. The van der Waals surface area contributed by atoms with Gasteiger partial charge in [-0.25, -0.2) is 4.98 Å². The molecule has 94 valence electrons. The van der Waals surface area contributed by atoms with Crippen LogP contribution in [0.2, 0.25) is 0 Å². The number of hydrogen-bond donors (Lipinski definition) is 1. The van der Waals surface area contributed by atoms with Gasteiger partial charge in [0, 0.05) is 7.05 Å². The fourth-order valence-electron chi connectivity index (χ4n) is 1.77. The number of nitrogens with zero attached hydrogens (tertiary/aromatic N) is 3. The first-order valence-corrected chi connectivity index (χ1v) is 6.72. The lowest BCUT2D eigenvalue weighted by molar-refractivity contribution is 1.21. The highest BCUT2D eigenvalue weighted by molar-refractivity contribution is 7.21. The van der Waals surface area contributed by atoms with Gasteiger partial charge in [0.1, 0.15) is 5.69 Å². The summed E-state index contributed by atoms with van der Waals surface area (Å²) in [6.45, 7) is 0. The van der Waals surface area contributed by atoms with Crippen molar-refractivity contribution in [3.63, 3.8) is 0 Å². The van der Waals surface area contributed by atoms with Gasteiger partial charge in [-0.15, -0.1) is 10.2 Å². The molecule has 0 saturated heterocycles. The van der Waals surface area contributed by atoms with Crippen molar-refractivity contribution in [3.05, 3.63) is 48.5 Å². The van der Waals surface area contributed by atoms with Gasteiger partial charge in [-0.05, 0) is 24.3 Å². The molecule has 0 aliphatic carbocycles. The zero-order chi connectivity index (χ0) is 13.1. The quantitative estimate of drug-likeness (QED) is 0.696. The number of azo groups is 1. The van der Waals surface area contributed by atoms with E-state index in [2.05, 4.69) is 20.5 Å². The van der Waals surface area contributed by atoms with Crippen molar-refractivity contribution in [2.45, 2.75) is 0 Å². The molecule has 0 saturated carbocycles. The number of para-hydroxylation sites is 2. The van der Waals surface area contributed by atoms with E-state index >= 15 is 0 Å². The zero-order valence-corrected chi connectivity index (χ0v) is 11.2. The van der Waals surface area contributed by atoms with E-state index < -0.39 is 0 Å². The Morgan fingerprint density at radius 1 is 1.00 bits per heavy atom. The average Bonchev–Trinajstić information content (AvgIpc) is 2.88. The average molecular weight is 268 g/mol. The monoisotopic (exact) mass is 268 g/mol. The van der Waals surface area contributed by atoms with Crippen molar-refractivity contribution >= 4 is 38.1 Å². The summed E-state index contributed by atoms with van der Waals surface area (Å²) in [5.41, 5.74) is 2.72. The molecule has 0 atom stereocenters. The van der Waals surface area contributed by atoms with E-state index in [0.29, 0.717) is 5.13 Å². The van der Waals surface area contributed by atoms with Gasteiger partial charge < -0.3 is 5.32 Å². The van der Waals surface area contributed by atoms with Crippen molar-refractivity contribution < 1.29 is 0 Å². The van der Waals surface area contributed by atoms with E-state index in [0.717, 1.165) is 21.6 Å². The Labute approximate surface area is 114 Å². The second kappa shape index (κ2) is 5.16. The molecule has 0 fully saturated rings. The molecule has 19 heavy (non-hydrogen) atoms. The molecule has 0 bridgehead atoms. The van der Waals surface area contributed by atoms with E-state index in [4.69, 9.17) is 0 Å². The van der Waals surface area contributed by atoms with Crippen LogP contribution in [-0.4, -0.2) is 12.0 Å². The third kappa shape index (κ3) is 2.46. The smallest absolute Gasteiger partial charge is 0.231 e. The number of nitrogens with one attached hydrogen (secondary N) is 1. The summed E-state index contributed by atoms with van der Waals surface area (Å²) in [6, 6.07) is 15.8. The van der Waals surface area contributed by atoms with Gasteiger partial charge in [0.05, 0.1) is 15.9 Å². The standard InChI is InChI=1S/C14H12N4S/c1-15-10-6-2-3-7-11(10)17-18-14-16-12-8-4-5-9-13(12)19-14/h2-9,15H,1H3. The number of fused-ring (bicyclic) bond motifs is 1. The maximum absolute atomic E-state index is 4.42. The lowest BCUT2D eigenvalue weighted by atomic mass is 10.3. The molecule has 0 spiro atoms. The largest absolute Gasteiger partial charge is 0.386 e. The van der Waals surface area contributed by atoms with Crippen molar-refractivity contribution in [2.75, 3.05) is 12.4 Å². The predicted octanol–water partition coefficient (Wildman–Crippen LogP) is 4.75. The van der Waals surface area contributed by atoms with E-state index in [1.54, 1.807) is 0 Å². The molecule has 2 aromatic carbocycles. The highest BCUT2D eigenvalue weighted by Crippen LogP contribution is 2.30. The highest BCUT2D eigenvalue weighted by atomic mass is 32.1. The van der Waals surface area contributed by atoms with Crippen molar-refractivity contribution in [1.29, 1.82) is 0 Å². The minimum Gasteiger partial charge on any atom is -0.386 e. The zero-order valence-electron chi connectivity index (χ0n) is 10.4. The maximum atomic E-state index is 4.42. The van der Waals surface area contributed by atoms with Crippen LogP contribution in [0.25, 0.3) is 10.2 Å². The minimum absolute atomic E-state index is 0.673. The van der Waals surface area contributed by atoms with Crippen LogP contribution < -0.4 is 5.32 Å². The van der Waals surface area contributed by atoms with Gasteiger partial charge in [-0.2, -0.15) is 0 Å². The first kappa shape index (κ1) is 11.8. The minimum atomic E-state index is 0.673. The summed E-state index contributed by atoms with van der Waals surface area (Å²) in [4.78, 5) is 4.42. The Bertz CT molecular complexity index is 700. The van der Waals surface area contributed by atoms with Crippen LogP contribution in [0.15, 0.2) is 58.8 Å². The molecule has 0 aliphatic rings. The van der Waals surface area contributed by atoms with Crippen LogP contribution in [0, 0.1) is 0 Å². The summed E-state index contributed by atoms with van der Waals surface area (Å²) in [7, 11) is 1.87. The molecule has 3 rings (SSSR count). The Morgan fingerprint density at radius 3 is 2.63 bits per heavy atom. The Morgan fingerprint density at radius 2 is 1.79 bits per heavy atom. The number of hydrogen-bond acceptors (Lipinski definition) is 5. The van der Waals surface area contributed by atoms with E-state index in [1.165, 1.54) is 11.3 Å². The van der Waals surface area contributed by atoms with Crippen molar-refractivity contribution in [1.82, 2.24) is 4.98 Å². The molecule has 5 heteroatoms. The van der Waals surface area contributed by atoms with Gasteiger partial charge in [0.15, 0.2) is 0 Å². The number of rotatable bonds is 3. The number of anilines is 1. The molecule has 0 amide bonds. The summed E-state index contributed by atoms with van der Waals surface area (Å²) < 4.78 is 1.12. The van der Waals surface area contributed by atoms with Crippen LogP contribution in [0.3, 0.4) is 0 Å². The van der Waals surface area contributed by atoms with Crippen LogP contribution in [-0.2, 0) is 0 Å². The molecule has 1 N–H and O–H groups in total. The van der Waals surface area contributed by atoms with E-state index in [1.807, 2.05) is 55.6 Å². The molecule has 1 heterocycles. The van der Waals surface area contributed by atoms with E-state index in [-0.39, 0.29) is 0 Å². The molecular weight excluding hydrogens is 256 g/mol. The van der Waals surface area contributed by atoms with Crippen molar-refractivity contribution in [2.24, 2.45) is 10.2 Å². The topological polar surface area (TPSA) is 49.6 Å². The normalized spacial score (nSPS) is 11.2. The second-order valence-corrected chi connectivity index (χ2v) is 4.94. The van der Waals surface area contributed by atoms with Crippen LogP contribution >= 0.6 is 11.3 Å². The van der Waals surface area contributed by atoms with Crippen LogP contribution in [0.4, 0.5) is 16.5 Å². The number of benzene rings is 2. The molecule has 0 unspecified atom stereocenters.